The van der Waals surface area contributed by atoms with E-state index in [1.807, 2.05) is 26.0 Å². The van der Waals surface area contributed by atoms with E-state index in [4.69, 9.17) is 0 Å². The quantitative estimate of drug-likeness (QED) is 0.583. The molecule has 0 aliphatic carbocycles. The minimum Gasteiger partial charge on any atom is -0.373 e. The molecular weight excluding hydrogens is 146 g/mol. The zero-order chi connectivity index (χ0) is 9.35. The van der Waals surface area contributed by atoms with Gasteiger partial charge in [-0.25, -0.2) is 0 Å². The summed E-state index contributed by atoms with van der Waals surface area (Å²) >= 11 is 0. The summed E-state index contributed by atoms with van der Waals surface area (Å²) in [6.45, 7) is 15.7. The Morgan fingerprint density at radius 2 is 2.08 bits per heavy atom. The van der Waals surface area contributed by atoms with Gasteiger partial charge in [-0.1, -0.05) is 25.3 Å². The van der Waals surface area contributed by atoms with Gasteiger partial charge in [-0.15, -0.1) is 6.58 Å². The van der Waals surface area contributed by atoms with E-state index in [0.29, 0.717) is 0 Å². The molecule has 1 heteroatoms. The molecule has 0 aromatic heterocycles. The lowest BCUT2D eigenvalue weighted by atomic mass is 9.87. The van der Waals surface area contributed by atoms with Crippen molar-refractivity contribution in [1.29, 1.82) is 0 Å². The van der Waals surface area contributed by atoms with Gasteiger partial charge in [0.2, 0.25) is 0 Å². The molecule has 0 aromatic carbocycles. The summed E-state index contributed by atoms with van der Waals surface area (Å²) in [4.78, 5) is 0. The van der Waals surface area contributed by atoms with Crippen molar-refractivity contribution < 1.29 is 0 Å². The molecule has 1 aliphatic heterocycles. The van der Waals surface area contributed by atoms with Crippen LogP contribution in [0.5, 0.6) is 0 Å². The lowest BCUT2D eigenvalue weighted by molar-refractivity contribution is 0.564. The second-order valence-electron chi connectivity index (χ2n) is 3.36. The Hall–Kier alpha value is -1.24. The number of allylic oxidation sites excluding steroid dienone is 1. The molecule has 0 amide bonds. The van der Waals surface area contributed by atoms with Crippen LogP contribution in [0.4, 0.5) is 0 Å². The molecule has 1 heterocycles. The third-order valence-corrected chi connectivity index (χ3v) is 2.35. The highest BCUT2D eigenvalue weighted by Crippen LogP contribution is 2.27. The molecule has 0 radical (unpaired) electrons. The minimum atomic E-state index is -0.226. The van der Waals surface area contributed by atoms with Gasteiger partial charge in [0.25, 0.3) is 0 Å². The molecule has 12 heavy (non-hydrogen) atoms. The Labute approximate surface area is 74.2 Å². The summed E-state index contributed by atoms with van der Waals surface area (Å²) < 4.78 is 0. The number of nitrogens with one attached hydrogen (secondary N) is 1. The van der Waals surface area contributed by atoms with Gasteiger partial charge >= 0.3 is 0 Å². The molecule has 0 aromatic rings. The summed E-state index contributed by atoms with van der Waals surface area (Å²) in [7, 11) is 0. The van der Waals surface area contributed by atoms with Crippen LogP contribution in [0.3, 0.4) is 0 Å². The number of rotatable bonds is 1. The molecule has 0 saturated carbocycles. The summed E-state index contributed by atoms with van der Waals surface area (Å²) in [5.41, 5.74) is 2.89. The second-order valence-corrected chi connectivity index (χ2v) is 3.36. The summed E-state index contributed by atoms with van der Waals surface area (Å²) in [6, 6.07) is 0. The zero-order valence-electron chi connectivity index (χ0n) is 7.78. The van der Waals surface area contributed by atoms with Gasteiger partial charge in [0.1, 0.15) is 0 Å². The van der Waals surface area contributed by atoms with E-state index in [1.54, 1.807) is 0 Å². The largest absolute Gasteiger partial charge is 0.373 e. The average molecular weight is 161 g/mol. The van der Waals surface area contributed by atoms with Crippen molar-refractivity contribution in [1.82, 2.24) is 5.32 Å². The van der Waals surface area contributed by atoms with Gasteiger partial charge in [-0.3, -0.25) is 0 Å². The smallest absolute Gasteiger partial charge is 0.0772 e. The van der Waals surface area contributed by atoms with Gasteiger partial charge in [0.05, 0.1) is 5.54 Å². The summed E-state index contributed by atoms with van der Waals surface area (Å²) in [5, 5.41) is 3.26. The molecule has 1 rings (SSSR count). The third kappa shape index (κ3) is 1.22. The maximum absolute atomic E-state index is 3.97. The van der Waals surface area contributed by atoms with Gasteiger partial charge in [0.15, 0.2) is 0 Å². The maximum Gasteiger partial charge on any atom is 0.0772 e. The van der Waals surface area contributed by atoms with Crippen molar-refractivity contribution in [3.05, 3.63) is 48.7 Å². The Balaban J connectivity index is 3.09. The van der Waals surface area contributed by atoms with Crippen LogP contribution in [0.1, 0.15) is 13.8 Å². The second kappa shape index (κ2) is 2.67. The number of hydrogen-bond acceptors (Lipinski definition) is 1. The van der Waals surface area contributed by atoms with Crippen molar-refractivity contribution in [2.24, 2.45) is 0 Å². The molecular formula is C11H15N. The lowest BCUT2D eigenvalue weighted by Crippen LogP contribution is -2.43. The first-order valence-corrected chi connectivity index (χ1v) is 3.98. The lowest BCUT2D eigenvalue weighted by Gasteiger charge is -2.34. The Kier molecular flexibility index (Phi) is 1.97. The van der Waals surface area contributed by atoms with E-state index in [0.717, 1.165) is 16.8 Å². The number of hydrogen-bond donors (Lipinski definition) is 1. The van der Waals surface area contributed by atoms with Crippen LogP contribution in [0.2, 0.25) is 0 Å². The zero-order valence-corrected chi connectivity index (χ0v) is 7.78. The highest BCUT2D eigenvalue weighted by Gasteiger charge is 2.26. The maximum atomic E-state index is 3.97. The molecule has 64 valence electrons. The fraction of sp³-hybridized carbons (Fsp3) is 0.273. The molecule has 1 aliphatic rings. The van der Waals surface area contributed by atoms with Gasteiger partial charge in [-0.2, -0.15) is 0 Å². The molecule has 0 spiro atoms. The molecule has 0 bridgehead atoms. The van der Waals surface area contributed by atoms with Crippen molar-refractivity contribution in [2.45, 2.75) is 19.4 Å². The Bertz CT molecular complexity index is 283. The fourth-order valence-electron chi connectivity index (χ4n) is 1.17. The van der Waals surface area contributed by atoms with Crippen LogP contribution in [-0.4, -0.2) is 5.54 Å². The van der Waals surface area contributed by atoms with Gasteiger partial charge in [0, 0.05) is 5.70 Å². The van der Waals surface area contributed by atoms with Crippen LogP contribution in [0.15, 0.2) is 48.7 Å². The van der Waals surface area contributed by atoms with Crippen molar-refractivity contribution in [3.8, 4) is 0 Å². The minimum absolute atomic E-state index is 0.226. The predicted molar refractivity (Wildman–Crippen MR) is 53.8 cm³/mol. The van der Waals surface area contributed by atoms with E-state index in [9.17, 15) is 0 Å². The topological polar surface area (TPSA) is 12.0 Å². The third-order valence-electron chi connectivity index (χ3n) is 2.35. The Morgan fingerprint density at radius 1 is 1.50 bits per heavy atom. The molecule has 1 nitrogen and oxygen atoms in total. The van der Waals surface area contributed by atoms with Crippen molar-refractivity contribution in [2.75, 3.05) is 0 Å². The molecule has 1 unspecified atom stereocenters. The van der Waals surface area contributed by atoms with Crippen molar-refractivity contribution >= 4 is 0 Å². The average Bonchev–Trinajstić information content (AvgIpc) is 2.01. The molecule has 1 N–H and O–H groups in total. The summed E-state index contributed by atoms with van der Waals surface area (Å²) in [6.07, 6.45) is 3.89. The first-order valence-electron chi connectivity index (χ1n) is 3.98. The van der Waals surface area contributed by atoms with E-state index >= 15 is 0 Å². The standard InChI is InChI=1S/C11H15N/c1-6-11(5)9(3)7-8(2)10(4)12-11/h6-7,12H,1,3-4H2,2,5H3. The van der Waals surface area contributed by atoms with E-state index < -0.39 is 0 Å². The van der Waals surface area contributed by atoms with Crippen LogP contribution in [0.25, 0.3) is 0 Å². The summed E-state index contributed by atoms with van der Waals surface area (Å²) in [5.74, 6) is 0. The predicted octanol–water partition coefficient (Wildman–Crippen LogP) is 2.55. The van der Waals surface area contributed by atoms with Crippen LogP contribution in [-0.2, 0) is 0 Å². The van der Waals surface area contributed by atoms with Crippen LogP contribution in [0, 0.1) is 0 Å². The van der Waals surface area contributed by atoms with Crippen LogP contribution < -0.4 is 5.32 Å². The fourth-order valence-corrected chi connectivity index (χ4v) is 1.17. The highest BCUT2D eigenvalue weighted by molar-refractivity contribution is 5.46. The van der Waals surface area contributed by atoms with Gasteiger partial charge < -0.3 is 5.32 Å². The highest BCUT2D eigenvalue weighted by atomic mass is 15.0. The van der Waals surface area contributed by atoms with Crippen LogP contribution >= 0.6 is 0 Å². The first kappa shape index (κ1) is 8.85. The first-order chi connectivity index (χ1) is 5.49. The van der Waals surface area contributed by atoms with E-state index in [1.165, 1.54) is 0 Å². The van der Waals surface area contributed by atoms with Crippen molar-refractivity contribution in [3.63, 3.8) is 0 Å². The molecule has 0 saturated heterocycles. The SMILES string of the molecule is C=CC1(C)NC(=C)C(C)=CC1=C. The van der Waals surface area contributed by atoms with E-state index in [2.05, 4.69) is 25.1 Å². The molecule has 0 fully saturated rings. The molecule has 1 atom stereocenters. The normalized spacial score (nSPS) is 29.3. The van der Waals surface area contributed by atoms with Gasteiger partial charge in [-0.05, 0) is 25.0 Å². The Morgan fingerprint density at radius 3 is 2.58 bits per heavy atom. The van der Waals surface area contributed by atoms with E-state index in [-0.39, 0.29) is 5.54 Å². The monoisotopic (exact) mass is 161 g/mol.